The molecule has 4 nitrogen and oxygen atoms in total. The van der Waals surface area contributed by atoms with Gasteiger partial charge in [0.1, 0.15) is 0 Å². The van der Waals surface area contributed by atoms with Gasteiger partial charge in [0.2, 0.25) is 0 Å². The van der Waals surface area contributed by atoms with Crippen molar-refractivity contribution in [3.05, 3.63) is 0 Å². The van der Waals surface area contributed by atoms with E-state index in [1.807, 2.05) is 6.92 Å². The van der Waals surface area contributed by atoms with E-state index >= 15 is 0 Å². The van der Waals surface area contributed by atoms with Gasteiger partial charge in [-0.15, -0.1) is 0 Å². The first-order chi connectivity index (χ1) is 6.91. The summed E-state index contributed by atoms with van der Waals surface area (Å²) in [6, 6.07) is 0. The van der Waals surface area contributed by atoms with Crippen molar-refractivity contribution in [2.75, 3.05) is 17.6 Å². The Labute approximate surface area is 105 Å². The van der Waals surface area contributed by atoms with Gasteiger partial charge in [0.05, 0.1) is 18.3 Å². The minimum atomic E-state index is -0.835. The zero-order valence-electron chi connectivity index (χ0n) is 9.57. The number of hydrogen-bond acceptors (Lipinski definition) is 4. The third-order valence-electron chi connectivity index (χ3n) is 1.89. The van der Waals surface area contributed by atoms with Crippen LogP contribution in [0.5, 0.6) is 0 Å². The van der Waals surface area contributed by atoms with Gasteiger partial charge in [0.25, 0.3) is 0 Å². The summed E-state index contributed by atoms with van der Waals surface area (Å²) in [5, 5.41) is 19.3. The zero-order chi connectivity index (χ0) is 11.9. The van der Waals surface area contributed by atoms with Crippen LogP contribution in [0.3, 0.4) is 0 Å². The standard InChI is InChI=1S/C10H21IO4/c1-4-14-8(2)15-6-9(12)5-10(3,13)7-11/h8-9,12-13H,4-7H2,1-3H3/t8?,9-,10+/m1/s1. The molecule has 92 valence electrons. The first-order valence-corrected chi connectivity index (χ1v) is 6.63. The molecule has 0 fully saturated rings. The molecule has 1 unspecified atom stereocenters. The first kappa shape index (κ1) is 15.6. The van der Waals surface area contributed by atoms with Crippen LogP contribution >= 0.6 is 22.6 Å². The second kappa shape index (κ2) is 7.78. The van der Waals surface area contributed by atoms with Crippen LogP contribution in [0.1, 0.15) is 27.2 Å². The van der Waals surface area contributed by atoms with E-state index in [0.717, 1.165) is 0 Å². The minimum Gasteiger partial charge on any atom is -0.391 e. The van der Waals surface area contributed by atoms with Gasteiger partial charge in [-0.1, -0.05) is 22.6 Å². The van der Waals surface area contributed by atoms with Gasteiger partial charge >= 0.3 is 0 Å². The molecule has 0 radical (unpaired) electrons. The fraction of sp³-hybridized carbons (Fsp3) is 1.00. The summed E-state index contributed by atoms with van der Waals surface area (Å²) in [6.07, 6.45) is -0.652. The summed E-state index contributed by atoms with van der Waals surface area (Å²) in [6.45, 7) is 6.15. The maximum absolute atomic E-state index is 9.71. The highest BCUT2D eigenvalue weighted by Crippen LogP contribution is 2.15. The molecule has 0 bridgehead atoms. The molecule has 0 saturated heterocycles. The van der Waals surface area contributed by atoms with Crippen LogP contribution in [0.4, 0.5) is 0 Å². The second-order valence-corrected chi connectivity index (χ2v) is 4.61. The predicted molar refractivity (Wildman–Crippen MR) is 67.2 cm³/mol. The Morgan fingerprint density at radius 3 is 2.47 bits per heavy atom. The number of aliphatic hydroxyl groups excluding tert-OH is 1. The van der Waals surface area contributed by atoms with Crippen LogP contribution in [0.2, 0.25) is 0 Å². The molecule has 0 aromatic heterocycles. The average molecular weight is 332 g/mol. The van der Waals surface area contributed by atoms with Crippen molar-refractivity contribution in [1.82, 2.24) is 0 Å². The number of halogens is 1. The molecular formula is C10H21IO4. The van der Waals surface area contributed by atoms with E-state index < -0.39 is 11.7 Å². The SMILES string of the molecule is CCOC(C)OC[C@H](O)C[C@](C)(O)CI. The van der Waals surface area contributed by atoms with Crippen LogP contribution in [-0.4, -0.2) is 45.8 Å². The number of hydrogen-bond donors (Lipinski definition) is 2. The Balaban J connectivity index is 3.70. The van der Waals surface area contributed by atoms with Gasteiger partial charge < -0.3 is 19.7 Å². The molecule has 0 aliphatic carbocycles. The Morgan fingerprint density at radius 1 is 1.40 bits per heavy atom. The Hall–Kier alpha value is 0.570. The summed E-state index contributed by atoms with van der Waals surface area (Å²) in [5.41, 5.74) is -0.835. The Kier molecular flexibility index (Phi) is 8.08. The third kappa shape index (κ3) is 8.38. The van der Waals surface area contributed by atoms with Crippen molar-refractivity contribution in [2.45, 2.75) is 45.2 Å². The van der Waals surface area contributed by atoms with Gasteiger partial charge in [0.15, 0.2) is 6.29 Å². The molecule has 0 spiro atoms. The van der Waals surface area contributed by atoms with E-state index in [0.29, 0.717) is 17.5 Å². The fourth-order valence-corrected chi connectivity index (χ4v) is 1.46. The van der Waals surface area contributed by atoms with E-state index in [2.05, 4.69) is 22.6 Å². The Morgan fingerprint density at radius 2 is 2.00 bits per heavy atom. The van der Waals surface area contributed by atoms with Gasteiger partial charge in [0, 0.05) is 17.5 Å². The van der Waals surface area contributed by atoms with Crippen LogP contribution < -0.4 is 0 Å². The lowest BCUT2D eigenvalue weighted by Gasteiger charge is -2.24. The van der Waals surface area contributed by atoms with Crippen LogP contribution in [0.25, 0.3) is 0 Å². The highest BCUT2D eigenvalue weighted by Gasteiger charge is 2.23. The minimum absolute atomic E-state index is 0.188. The van der Waals surface area contributed by atoms with Crippen LogP contribution in [0.15, 0.2) is 0 Å². The highest BCUT2D eigenvalue weighted by atomic mass is 127. The third-order valence-corrected chi connectivity index (χ3v) is 3.53. The zero-order valence-corrected chi connectivity index (χ0v) is 11.7. The lowest BCUT2D eigenvalue weighted by atomic mass is 10.0. The summed E-state index contributed by atoms with van der Waals surface area (Å²) in [5.74, 6) is 0. The molecule has 0 aromatic carbocycles. The number of aliphatic hydroxyl groups is 2. The summed E-state index contributed by atoms with van der Waals surface area (Å²) in [4.78, 5) is 0. The monoisotopic (exact) mass is 332 g/mol. The second-order valence-electron chi connectivity index (χ2n) is 3.84. The highest BCUT2D eigenvalue weighted by molar-refractivity contribution is 14.1. The molecule has 3 atom stereocenters. The molecule has 0 saturated carbocycles. The number of alkyl halides is 1. The van der Waals surface area contributed by atoms with E-state index in [9.17, 15) is 10.2 Å². The number of ether oxygens (including phenoxy) is 2. The predicted octanol–water partition coefficient (Wildman–Crippen LogP) is 1.32. The largest absolute Gasteiger partial charge is 0.391 e. The smallest absolute Gasteiger partial charge is 0.154 e. The van der Waals surface area contributed by atoms with Crippen molar-refractivity contribution in [3.8, 4) is 0 Å². The first-order valence-electron chi connectivity index (χ1n) is 5.11. The van der Waals surface area contributed by atoms with E-state index in [-0.39, 0.29) is 12.9 Å². The van der Waals surface area contributed by atoms with Gasteiger partial charge in [-0.2, -0.15) is 0 Å². The summed E-state index contributed by atoms with van der Waals surface area (Å²) in [7, 11) is 0. The average Bonchev–Trinajstić information content (AvgIpc) is 2.15. The molecular weight excluding hydrogens is 311 g/mol. The van der Waals surface area contributed by atoms with Gasteiger partial charge in [-0.05, 0) is 20.8 Å². The molecule has 5 heteroatoms. The molecule has 0 heterocycles. The van der Waals surface area contributed by atoms with Crippen molar-refractivity contribution < 1.29 is 19.7 Å². The topological polar surface area (TPSA) is 58.9 Å². The quantitative estimate of drug-likeness (QED) is 0.400. The van der Waals surface area contributed by atoms with Crippen LogP contribution in [0, 0.1) is 0 Å². The lowest BCUT2D eigenvalue weighted by molar-refractivity contribution is -0.148. The van der Waals surface area contributed by atoms with E-state index in [1.54, 1.807) is 13.8 Å². The van der Waals surface area contributed by atoms with Crippen LogP contribution in [-0.2, 0) is 9.47 Å². The maximum atomic E-state index is 9.71. The van der Waals surface area contributed by atoms with Gasteiger partial charge in [-0.25, -0.2) is 0 Å². The number of rotatable bonds is 8. The lowest BCUT2D eigenvalue weighted by Crippen LogP contribution is -2.34. The van der Waals surface area contributed by atoms with Crippen molar-refractivity contribution in [1.29, 1.82) is 0 Å². The normalized spacial score (nSPS) is 19.6. The van der Waals surface area contributed by atoms with E-state index in [1.165, 1.54) is 0 Å². The summed E-state index contributed by atoms with van der Waals surface area (Å²) < 4.78 is 11.0. The maximum Gasteiger partial charge on any atom is 0.154 e. The summed E-state index contributed by atoms with van der Waals surface area (Å²) >= 11 is 2.09. The molecule has 0 aliphatic heterocycles. The molecule has 2 N–H and O–H groups in total. The molecule has 0 rings (SSSR count). The molecule has 0 aromatic rings. The molecule has 0 aliphatic rings. The van der Waals surface area contributed by atoms with Crippen molar-refractivity contribution in [2.24, 2.45) is 0 Å². The van der Waals surface area contributed by atoms with Gasteiger partial charge in [-0.3, -0.25) is 0 Å². The molecule has 15 heavy (non-hydrogen) atoms. The fourth-order valence-electron chi connectivity index (χ4n) is 1.15. The molecule has 0 amide bonds. The van der Waals surface area contributed by atoms with E-state index in [4.69, 9.17) is 9.47 Å². The van der Waals surface area contributed by atoms with Crippen molar-refractivity contribution >= 4 is 22.6 Å². The Bertz CT molecular complexity index is 164. The van der Waals surface area contributed by atoms with Crippen molar-refractivity contribution in [3.63, 3.8) is 0 Å².